The topological polar surface area (TPSA) is 63.9 Å². The first-order valence-electron chi connectivity index (χ1n) is 9.42. The van der Waals surface area contributed by atoms with E-state index in [0.717, 1.165) is 42.3 Å². The summed E-state index contributed by atoms with van der Waals surface area (Å²) in [6.07, 6.45) is 8.87. The molecule has 0 radical (unpaired) electrons. The number of hydrogen-bond acceptors (Lipinski definition) is 5. The van der Waals surface area contributed by atoms with Crippen molar-refractivity contribution in [2.45, 2.75) is 74.4 Å². The van der Waals surface area contributed by atoms with Crippen molar-refractivity contribution in [1.29, 1.82) is 0 Å². The van der Waals surface area contributed by atoms with Crippen LogP contribution in [-0.4, -0.2) is 48.9 Å². The monoisotopic (exact) mass is 347 g/mol. The van der Waals surface area contributed by atoms with E-state index in [2.05, 4.69) is 20.4 Å². The Morgan fingerprint density at radius 1 is 1.08 bits per heavy atom. The fourth-order valence-corrected chi connectivity index (χ4v) is 6.24. The Morgan fingerprint density at radius 3 is 2.50 bits per heavy atom. The summed E-state index contributed by atoms with van der Waals surface area (Å²) < 4.78 is 1.91. The standard InChI is InChI=1S/C17H25N5OS/c1-10(24-17-18-19-20-22(17)14-2-3-14)16(23)21-9-13-5-11-4-12(6-13)8-15(21)7-11/h10-15H,2-9H2,1H3. The Hall–Kier alpha value is -1.11. The summed E-state index contributed by atoms with van der Waals surface area (Å²) in [5, 5.41) is 12.7. The minimum atomic E-state index is -0.107. The minimum absolute atomic E-state index is 0.107. The Bertz CT molecular complexity index is 631. The van der Waals surface area contributed by atoms with E-state index in [1.807, 2.05) is 11.6 Å². The smallest absolute Gasteiger partial charge is 0.236 e. The molecule has 4 bridgehead atoms. The molecule has 3 unspecified atom stereocenters. The van der Waals surface area contributed by atoms with E-state index in [1.54, 1.807) is 0 Å². The SMILES string of the molecule is CC(Sc1nnnn1C1CC1)C(=O)N1CC2CC3CC(C2)CC1C3. The van der Waals surface area contributed by atoms with E-state index in [0.29, 0.717) is 18.0 Å². The third kappa shape index (κ3) is 2.65. The summed E-state index contributed by atoms with van der Waals surface area (Å²) in [6, 6.07) is 0.936. The maximum Gasteiger partial charge on any atom is 0.236 e. The molecule has 2 saturated heterocycles. The van der Waals surface area contributed by atoms with Crippen LogP contribution in [0.25, 0.3) is 0 Å². The maximum absolute atomic E-state index is 13.2. The van der Waals surface area contributed by atoms with E-state index in [9.17, 15) is 4.79 Å². The van der Waals surface area contributed by atoms with Crippen molar-refractivity contribution in [3.63, 3.8) is 0 Å². The second-order valence-corrected chi connectivity index (χ2v) is 9.63. The van der Waals surface area contributed by atoms with Crippen molar-refractivity contribution in [2.75, 3.05) is 6.54 Å². The van der Waals surface area contributed by atoms with Gasteiger partial charge >= 0.3 is 0 Å². The molecule has 3 heterocycles. The number of aromatic nitrogens is 4. The second kappa shape index (κ2) is 5.71. The van der Waals surface area contributed by atoms with Gasteiger partial charge in [0, 0.05) is 12.6 Å². The molecule has 1 aromatic heterocycles. The quantitative estimate of drug-likeness (QED) is 0.783. The van der Waals surface area contributed by atoms with Crippen LogP contribution in [0.15, 0.2) is 5.16 Å². The van der Waals surface area contributed by atoms with E-state index in [-0.39, 0.29) is 5.25 Å². The Labute approximate surface area is 146 Å². The molecule has 130 valence electrons. The summed E-state index contributed by atoms with van der Waals surface area (Å²) >= 11 is 1.54. The van der Waals surface area contributed by atoms with E-state index < -0.39 is 0 Å². The Kier molecular flexibility index (Phi) is 3.61. The number of amides is 1. The van der Waals surface area contributed by atoms with Gasteiger partial charge in [-0.15, -0.1) is 5.10 Å². The van der Waals surface area contributed by atoms with Crippen LogP contribution in [0, 0.1) is 17.8 Å². The van der Waals surface area contributed by atoms with E-state index >= 15 is 0 Å². The number of carbonyl (C=O) groups excluding carboxylic acids is 1. The number of fused-ring (bicyclic) bond motifs is 1. The van der Waals surface area contributed by atoms with Crippen LogP contribution in [-0.2, 0) is 4.79 Å². The minimum Gasteiger partial charge on any atom is -0.338 e. The molecule has 2 aliphatic heterocycles. The molecular weight excluding hydrogens is 322 g/mol. The number of thioether (sulfide) groups is 1. The van der Waals surface area contributed by atoms with Gasteiger partial charge in [-0.25, -0.2) is 4.68 Å². The molecule has 24 heavy (non-hydrogen) atoms. The predicted octanol–water partition coefficient (Wildman–Crippen LogP) is 2.53. The highest BCUT2D eigenvalue weighted by atomic mass is 32.2. The van der Waals surface area contributed by atoms with Crippen molar-refractivity contribution in [1.82, 2.24) is 25.1 Å². The highest BCUT2D eigenvalue weighted by Crippen LogP contribution is 2.48. The molecule has 5 aliphatic rings. The van der Waals surface area contributed by atoms with Gasteiger partial charge in [-0.05, 0) is 80.0 Å². The zero-order valence-electron chi connectivity index (χ0n) is 14.2. The average Bonchev–Trinajstić information content (AvgIpc) is 3.33. The molecule has 0 N–H and O–H groups in total. The first-order valence-corrected chi connectivity index (χ1v) is 10.3. The number of carbonyl (C=O) groups is 1. The van der Waals surface area contributed by atoms with Crippen LogP contribution in [0.3, 0.4) is 0 Å². The molecule has 3 aliphatic carbocycles. The molecule has 7 heteroatoms. The van der Waals surface area contributed by atoms with Crippen LogP contribution >= 0.6 is 11.8 Å². The Balaban J connectivity index is 1.31. The van der Waals surface area contributed by atoms with E-state index in [4.69, 9.17) is 0 Å². The number of hydrogen-bond donors (Lipinski definition) is 0. The van der Waals surface area contributed by atoms with Crippen LogP contribution in [0.1, 0.15) is 57.9 Å². The molecule has 0 spiro atoms. The lowest BCUT2D eigenvalue weighted by molar-refractivity contribution is -0.133. The number of rotatable bonds is 4. The molecule has 3 atom stereocenters. The fraction of sp³-hybridized carbons (Fsp3) is 0.882. The van der Waals surface area contributed by atoms with Crippen molar-refractivity contribution in [3.05, 3.63) is 0 Å². The van der Waals surface area contributed by atoms with Crippen LogP contribution < -0.4 is 0 Å². The lowest BCUT2D eigenvalue weighted by Gasteiger charge is -2.39. The molecule has 1 amide bonds. The van der Waals surface area contributed by atoms with Crippen molar-refractivity contribution in [2.24, 2.45) is 17.8 Å². The normalized spacial score (nSPS) is 36.0. The summed E-state index contributed by atoms with van der Waals surface area (Å²) in [5.74, 6) is 2.77. The zero-order chi connectivity index (χ0) is 16.3. The molecule has 5 fully saturated rings. The fourth-order valence-electron chi connectivity index (χ4n) is 5.31. The van der Waals surface area contributed by atoms with Gasteiger partial charge in [-0.1, -0.05) is 11.8 Å². The molecule has 6 rings (SSSR count). The third-order valence-corrected chi connectivity index (χ3v) is 7.41. The van der Waals surface area contributed by atoms with Crippen molar-refractivity contribution < 1.29 is 4.79 Å². The van der Waals surface area contributed by atoms with Gasteiger partial charge in [0.05, 0.1) is 11.3 Å². The van der Waals surface area contributed by atoms with E-state index in [1.165, 1.54) is 43.9 Å². The first-order chi connectivity index (χ1) is 11.7. The van der Waals surface area contributed by atoms with Gasteiger partial charge in [-0.2, -0.15) is 0 Å². The lowest BCUT2D eigenvalue weighted by atomic mass is 9.68. The summed E-state index contributed by atoms with van der Waals surface area (Å²) in [6.45, 7) is 3.00. The lowest BCUT2D eigenvalue weighted by Crippen LogP contribution is -2.45. The Morgan fingerprint density at radius 2 is 1.79 bits per heavy atom. The average molecular weight is 347 g/mol. The van der Waals surface area contributed by atoms with Crippen LogP contribution in [0.5, 0.6) is 0 Å². The van der Waals surface area contributed by atoms with Gasteiger partial charge in [0.1, 0.15) is 0 Å². The summed E-state index contributed by atoms with van der Waals surface area (Å²) in [4.78, 5) is 15.4. The van der Waals surface area contributed by atoms with Gasteiger partial charge in [0.15, 0.2) is 0 Å². The van der Waals surface area contributed by atoms with Gasteiger partial charge in [-0.3, -0.25) is 4.79 Å². The summed E-state index contributed by atoms with van der Waals surface area (Å²) in [5.41, 5.74) is 0. The number of nitrogens with zero attached hydrogens (tertiary/aromatic N) is 5. The highest BCUT2D eigenvalue weighted by molar-refractivity contribution is 8.00. The predicted molar refractivity (Wildman–Crippen MR) is 90.5 cm³/mol. The zero-order valence-corrected chi connectivity index (χ0v) is 15.0. The molecule has 1 aromatic rings. The molecule has 0 aromatic carbocycles. The third-order valence-electron chi connectivity index (χ3n) is 6.37. The molecule has 6 nitrogen and oxygen atoms in total. The highest BCUT2D eigenvalue weighted by Gasteiger charge is 2.44. The second-order valence-electron chi connectivity index (χ2n) is 8.32. The summed E-state index contributed by atoms with van der Waals surface area (Å²) in [7, 11) is 0. The maximum atomic E-state index is 13.2. The van der Waals surface area contributed by atoms with Gasteiger partial charge in [0.25, 0.3) is 0 Å². The molecule has 3 saturated carbocycles. The van der Waals surface area contributed by atoms with Gasteiger partial charge in [0.2, 0.25) is 11.1 Å². The van der Waals surface area contributed by atoms with Crippen LogP contribution in [0.2, 0.25) is 0 Å². The largest absolute Gasteiger partial charge is 0.338 e. The molecular formula is C17H25N5OS. The number of tetrazole rings is 1. The first kappa shape index (κ1) is 15.2. The van der Waals surface area contributed by atoms with Crippen LogP contribution in [0.4, 0.5) is 0 Å². The van der Waals surface area contributed by atoms with Crippen molar-refractivity contribution in [3.8, 4) is 0 Å². The van der Waals surface area contributed by atoms with Crippen molar-refractivity contribution >= 4 is 17.7 Å². The van der Waals surface area contributed by atoms with Gasteiger partial charge < -0.3 is 4.90 Å².